The van der Waals surface area contributed by atoms with Crippen LogP contribution in [0.4, 0.5) is 5.69 Å². The Morgan fingerprint density at radius 3 is 1.57 bits per heavy atom. The van der Waals surface area contributed by atoms with Crippen LogP contribution in [-0.4, -0.2) is 77.2 Å². The lowest BCUT2D eigenvalue weighted by Crippen LogP contribution is -2.37. The number of hydrogen-bond acceptors (Lipinski definition) is 7. The summed E-state index contributed by atoms with van der Waals surface area (Å²) in [6, 6.07) is 0. The molecule has 0 spiro atoms. The fourth-order valence-corrected chi connectivity index (χ4v) is 2.90. The maximum atomic E-state index is 12.6. The molecule has 0 aliphatic rings. The van der Waals surface area contributed by atoms with Gasteiger partial charge >= 0.3 is 0 Å². The molecule has 0 aliphatic carbocycles. The molecule has 2 unspecified atom stereocenters. The quantitative estimate of drug-likeness (QED) is 0.232. The Morgan fingerprint density at radius 1 is 0.857 bits per heavy atom. The van der Waals surface area contributed by atoms with Crippen molar-refractivity contribution in [2.75, 3.05) is 31.6 Å². The van der Waals surface area contributed by atoms with Crippen molar-refractivity contribution in [3.8, 4) is 0 Å². The molecule has 156 valence electrons. The van der Waals surface area contributed by atoms with Crippen LogP contribution in [0.3, 0.4) is 0 Å². The number of anilines is 1. The lowest BCUT2D eigenvalue weighted by molar-refractivity contribution is -0.105. The van der Waals surface area contributed by atoms with Gasteiger partial charge in [0.2, 0.25) is 6.41 Å². The van der Waals surface area contributed by atoms with E-state index in [2.05, 4.69) is 16.0 Å². The molecule has 10 nitrogen and oxygen atoms in total. The largest absolute Gasteiger partial charge is 0.394 e. The van der Waals surface area contributed by atoms with Crippen LogP contribution in [0.5, 0.6) is 0 Å². The van der Waals surface area contributed by atoms with Crippen LogP contribution in [0.25, 0.3) is 0 Å². The minimum Gasteiger partial charge on any atom is -0.394 e. The van der Waals surface area contributed by atoms with Gasteiger partial charge in [-0.15, -0.1) is 0 Å². The highest BCUT2D eigenvalue weighted by Crippen LogP contribution is 2.31. The van der Waals surface area contributed by atoms with Gasteiger partial charge in [-0.3, -0.25) is 14.4 Å². The first-order valence-electron chi connectivity index (χ1n) is 8.67. The van der Waals surface area contributed by atoms with Crippen molar-refractivity contribution in [1.29, 1.82) is 0 Å². The Morgan fingerprint density at radius 2 is 1.25 bits per heavy atom. The van der Waals surface area contributed by atoms with Crippen molar-refractivity contribution in [1.82, 2.24) is 10.6 Å². The van der Waals surface area contributed by atoms with E-state index in [9.17, 15) is 24.6 Å². The number of carbonyl (C=O) groups is 3. The summed E-state index contributed by atoms with van der Waals surface area (Å²) in [7, 11) is 0. The monoisotopic (exact) mass is 397 g/mol. The molecule has 0 radical (unpaired) electrons. The van der Waals surface area contributed by atoms with E-state index in [1.54, 1.807) is 20.8 Å². The van der Waals surface area contributed by atoms with E-state index < -0.39 is 37.2 Å². The van der Waals surface area contributed by atoms with Crippen LogP contribution in [0, 0.1) is 20.8 Å². The van der Waals surface area contributed by atoms with E-state index in [1.807, 2.05) is 0 Å². The number of amides is 3. The number of nitrogens with one attached hydrogen (secondary N) is 3. The Bertz CT molecular complexity index is 683. The molecule has 0 fully saturated rings. The van der Waals surface area contributed by atoms with Gasteiger partial charge in [0.05, 0.1) is 25.4 Å². The van der Waals surface area contributed by atoms with Crippen molar-refractivity contribution >= 4 is 23.9 Å². The lowest BCUT2D eigenvalue weighted by Gasteiger charge is -2.21. The van der Waals surface area contributed by atoms with Crippen LogP contribution in [0.15, 0.2) is 0 Å². The molecule has 0 saturated carbocycles. The zero-order chi connectivity index (χ0) is 21.4. The third-order valence-corrected chi connectivity index (χ3v) is 4.33. The van der Waals surface area contributed by atoms with Gasteiger partial charge in [0.1, 0.15) is 0 Å². The fraction of sp³-hybridized carbons (Fsp3) is 0.500. The average molecular weight is 397 g/mol. The number of carbonyl (C=O) groups excluding carboxylic acids is 3. The van der Waals surface area contributed by atoms with E-state index in [0.717, 1.165) is 0 Å². The predicted octanol–water partition coefficient (Wildman–Crippen LogP) is -1.65. The van der Waals surface area contributed by atoms with Crippen LogP contribution in [0.1, 0.15) is 37.4 Å². The fourth-order valence-electron chi connectivity index (χ4n) is 2.90. The molecule has 0 saturated heterocycles. The van der Waals surface area contributed by atoms with Gasteiger partial charge in [0, 0.05) is 29.9 Å². The molecule has 1 rings (SSSR count). The minimum atomic E-state index is -1.13. The Kier molecular flexibility index (Phi) is 9.00. The predicted molar refractivity (Wildman–Crippen MR) is 101 cm³/mol. The van der Waals surface area contributed by atoms with Gasteiger partial charge in [-0.1, -0.05) is 0 Å². The summed E-state index contributed by atoms with van der Waals surface area (Å²) in [5, 5.41) is 44.1. The highest BCUT2D eigenvalue weighted by atomic mass is 16.3. The van der Waals surface area contributed by atoms with E-state index in [-0.39, 0.29) is 24.2 Å². The molecule has 0 aliphatic heterocycles. The normalized spacial score (nSPS) is 12.8. The summed E-state index contributed by atoms with van der Waals surface area (Å²) in [6.45, 7) is 3.36. The summed E-state index contributed by atoms with van der Waals surface area (Å²) in [6.07, 6.45) is -1.84. The van der Waals surface area contributed by atoms with Crippen molar-refractivity contribution in [2.45, 2.75) is 33.0 Å². The van der Waals surface area contributed by atoms with Crippen molar-refractivity contribution < 1.29 is 34.8 Å². The third-order valence-electron chi connectivity index (χ3n) is 4.33. The molecule has 10 heteroatoms. The molecule has 28 heavy (non-hydrogen) atoms. The van der Waals surface area contributed by atoms with Gasteiger partial charge in [-0.25, -0.2) is 0 Å². The molecular formula is C18H27N3O7. The summed E-state index contributed by atoms with van der Waals surface area (Å²) in [5.41, 5.74) is 1.80. The highest BCUT2D eigenvalue weighted by molar-refractivity contribution is 6.06. The van der Waals surface area contributed by atoms with Crippen LogP contribution >= 0.6 is 0 Å². The number of aliphatic hydroxyl groups is 4. The second kappa shape index (κ2) is 10.7. The van der Waals surface area contributed by atoms with Gasteiger partial charge < -0.3 is 36.4 Å². The zero-order valence-corrected chi connectivity index (χ0v) is 16.1. The summed E-state index contributed by atoms with van der Waals surface area (Å²) >= 11 is 0. The second-order valence-electron chi connectivity index (χ2n) is 6.36. The molecule has 0 heterocycles. The Labute approximate surface area is 162 Å². The SMILES string of the molecule is Cc1c(NC=O)c(C)c(C(=O)NCC(O)CO)c(C)c1C(=O)NCC(O)CO. The Balaban J connectivity index is 3.39. The molecule has 3 amide bonds. The molecule has 2 atom stereocenters. The van der Waals surface area contributed by atoms with Gasteiger partial charge in [-0.2, -0.15) is 0 Å². The van der Waals surface area contributed by atoms with Crippen LogP contribution in [0.2, 0.25) is 0 Å². The van der Waals surface area contributed by atoms with Crippen LogP contribution in [-0.2, 0) is 4.79 Å². The third kappa shape index (κ3) is 5.49. The Hall–Kier alpha value is -2.53. The second-order valence-corrected chi connectivity index (χ2v) is 6.36. The first-order valence-corrected chi connectivity index (χ1v) is 8.67. The van der Waals surface area contributed by atoms with Gasteiger partial charge in [-0.05, 0) is 37.5 Å². The van der Waals surface area contributed by atoms with Crippen LogP contribution < -0.4 is 16.0 Å². The van der Waals surface area contributed by atoms with E-state index in [0.29, 0.717) is 28.8 Å². The summed E-state index contributed by atoms with van der Waals surface area (Å²) in [4.78, 5) is 36.3. The molecule has 0 bridgehead atoms. The van der Waals surface area contributed by atoms with E-state index in [4.69, 9.17) is 10.2 Å². The maximum absolute atomic E-state index is 12.6. The van der Waals surface area contributed by atoms with E-state index in [1.165, 1.54) is 0 Å². The lowest BCUT2D eigenvalue weighted by atomic mass is 9.90. The number of hydrogen-bond donors (Lipinski definition) is 7. The number of rotatable bonds is 10. The smallest absolute Gasteiger partial charge is 0.252 e. The highest BCUT2D eigenvalue weighted by Gasteiger charge is 2.25. The number of aliphatic hydroxyl groups excluding tert-OH is 4. The first-order chi connectivity index (χ1) is 13.2. The maximum Gasteiger partial charge on any atom is 0.252 e. The molecule has 7 N–H and O–H groups in total. The van der Waals surface area contributed by atoms with Crippen molar-refractivity contribution in [3.05, 3.63) is 27.8 Å². The minimum absolute atomic E-state index is 0.146. The molecule has 1 aromatic rings. The standard InChI is InChI=1S/C18H27N3O7/c1-9-14(17(27)19-4-12(25)6-22)10(2)16(21-8-24)11(3)15(9)18(28)20-5-13(26)7-23/h8,12-13,22-23,25-26H,4-7H2,1-3H3,(H,19,27)(H,20,28)(H,21,24). The summed E-state index contributed by atoms with van der Waals surface area (Å²) in [5.74, 6) is -1.17. The molecule has 1 aromatic carbocycles. The molecular weight excluding hydrogens is 370 g/mol. The first kappa shape index (κ1) is 23.5. The summed E-state index contributed by atoms with van der Waals surface area (Å²) < 4.78 is 0. The number of benzene rings is 1. The zero-order valence-electron chi connectivity index (χ0n) is 16.1. The topological polar surface area (TPSA) is 168 Å². The van der Waals surface area contributed by atoms with Crippen molar-refractivity contribution in [2.24, 2.45) is 0 Å². The van der Waals surface area contributed by atoms with Gasteiger partial charge in [0.25, 0.3) is 11.8 Å². The average Bonchev–Trinajstić information content (AvgIpc) is 2.67. The van der Waals surface area contributed by atoms with E-state index >= 15 is 0 Å². The van der Waals surface area contributed by atoms with Gasteiger partial charge in [0.15, 0.2) is 0 Å². The van der Waals surface area contributed by atoms with Crippen molar-refractivity contribution in [3.63, 3.8) is 0 Å². The molecule has 0 aromatic heterocycles.